The highest BCUT2D eigenvalue weighted by atomic mass is 16.3. The van der Waals surface area contributed by atoms with Crippen molar-refractivity contribution >= 4 is 11.8 Å². The minimum atomic E-state index is -0.337. The standard InChI is InChI=1S/C39H59N3O3/c1-24(2)27-13-19-39(34(45)41-22-16-25-9-8-10-26(23-25)33(44)42-40)21-20-37(6)28(32(27)39)11-12-30-36(5)17-15-31(43)35(3,4)29(36)14-18-38(30,37)7/h8-10,23,27-32,43H,1,11-22,40H2,2-7H3,(H,41,45)(H,42,44)/t27?,28?,29?,30?,31-,32?,36-,37+,38+,39-/m0/s1. The predicted octanol–water partition coefficient (Wildman–Crippen LogP) is 6.97. The number of hydrazine groups is 1. The summed E-state index contributed by atoms with van der Waals surface area (Å²) in [6.07, 6.45) is 11.5. The summed E-state index contributed by atoms with van der Waals surface area (Å²) in [7, 11) is 0. The molecule has 0 heterocycles. The van der Waals surface area contributed by atoms with Crippen LogP contribution in [0, 0.1) is 56.7 Å². The fourth-order valence-corrected chi connectivity index (χ4v) is 13.0. The van der Waals surface area contributed by atoms with Crippen LogP contribution in [0.25, 0.3) is 0 Å². The van der Waals surface area contributed by atoms with E-state index < -0.39 is 0 Å². The van der Waals surface area contributed by atoms with Crippen LogP contribution in [0.1, 0.15) is 122 Å². The number of nitrogens with one attached hydrogen (secondary N) is 2. The number of fused-ring (bicyclic) bond motifs is 7. The number of benzene rings is 1. The second-order valence-electron chi connectivity index (χ2n) is 17.4. The van der Waals surface area contributed by atoms with Crippen LogP contribution >= 0.6 is 0 Å². The van der Waals surface area contributed by atoms with Crippen LogP contribution in [0.2, 0.25) is 0 Å². The van der Waals surface area contributed by atoms with Gasteiger partial charge in [-0.05, 0) is 146 Å². The second-order valence-corrected chi connectivity index (χ2v) is 17.4. The first-order valence-corrected chi connectivity index (χ1v) is 17.9. The van der Waals surface area contributed by atoms with Crippen molar-refractivity contribution in [3.05, 3.63) is 47.5 Å². The van der Waals surface area contributed by atoms with Gasteiger partial charge in [-0.15, -0.1) is 0 Å². The normalized spacial score (nSPS) is 43.2. The molecule has 0 radical (unpaired) electrons. The van der Waals surface area contributed by atoms with Gasteiger partial charge in [0.05, 0.1) is 11.5 Å². The molecule has 6 rings (SSSR count). The fourth-order valence-electron chi connectivity index (χ4n) is 13.0. The number of carbonyl (C=O) groups excluding carboxylic acids is 2. The van der Waals surface area contributed by atoms with E-state index in [-0.39, 0.29) is 45.0 Å². The highest BCUT2D eigenvalue weighted by molar-refractivity contribution is 5.93. The van der Waals surface area contributed by atoms with Gasteiger partial charge in [0.1, 0.15) is 0 Å². The topological polar surface area (TPSA) is 104 Å². The average molecular weight is 618 g/mol. The van der Waals surface area contributed by atoms with Crippen molar-refractivity contribution in [1.29, 1.82) is 0 Å². The lowest BCUT2D eigenvalue weighted by Gasteiger charge is -2.72. The maximum Gasteiger partial charge on any atom is 0.265 e. The highest BCUT2D eigenvalue weighted by Crippen LogP contribution is 2.77. The molecule has 0 aromatic heterocycles. The summed E-state index contributed by atoms with van der Waals surface area (Å²) < 4.78 is 0. The van der Waals surface area contributed by atoms with Crippen molar-refractivity contribution in [2.45, 2.75) is 118 Å². The number of carbonyl (C=O) groups is 2. The molecular weight excluding hydrogens is 558 g/mol. The fraction of sp³-hybridized carbons (Fsp3) is 0.744. The van der Waals surface area contributed by atoms with Crippen molar-refractivity contribution in [3.63, 3.8) is 0 Å². The molecule has 5 saturated carbocycles. The van der Waals surface area contributed by atoms with Crippen LogP contribution in [0.5, 0.6) is 0 Å². The smallest absolute Gasteiger partial charge is 0.265 e. The first-order chi connectivity index (χ1) is 21.2. The molecule has 2 amide bonds. The number of allylic oxidation sites excluding steroid dienone is 1. The Bertz CT molecular complexity index is 1360. The summed E-state index contributed by atoms with van der Waals surface area (Å²) in [5.74, 6) is 7.71. The lowest BCUT2D eigenvalue weighted by Crippen LogP contribution is -2.67. The number of aliphatic hydroxyl groups is 1. The number of rotatable bonds is 6. The van der Waals surface area contributed by atoms with E-state index in [2.05, 4.69) is 58.9 Å². The first kappa shape index (κ1) is 32.7. The zero-order chi connectivity index (χ0) is 32.6. The molecule has 0 aliphatic heterocycles. The van der Waals surface area contributed by atoms with Gasteiger partial charge in [-0.3, -0.25) is 15.0 Å². The van der Waals surface area contributed by atoms with Gasteiger partial charge in [-0.25, -0.2) is 5.84 Å². The zero-order valence-corrected chi connectivity index (χ0v) is 28.8. The predicted molar refractivity (Wildman–Crippen MR) is 180 cm³/mol. The molecule has 0 saturated heterocycles. The molecule has 5 aliphatic rings. The minimum Gasteiger partial charge on any atom is -0.393 e. The van der Waals surface area contributed by atoms with Gasteiger partial charge in [0, 0.05) is 12.1 Å². The zero-order valence-electron chi connectivity index (χ0n) is 28.8. The monoisotopic (exact) mass is 617 g/mol. The quantitative estimate of drug-likeness (QED) is 0.120. The third-order valence-corrected chi connectivity index (χ3v) is 15.5. The number of hydrogen-bond donors (Lipinski definition) is 4. The molecule has 5 fully saturated rings. The van der Waals surface area contributed by atoms with Crippen molar-refractivity contribution < 1.29 is 14.7 Å². The molecule has 6 nitrogen and oxygen atoms in total. The van der Waals surface area contributed by atoms with Crippen LogP contribution in [0.15, 0.2) is 36.4 Å². The number of hydrogen-bond acceptors (Lipinski definition) is 4. The van der Waals surface area contributed by atoms with E-state index in [9.17, 15) is 14.7 Å². The van der Waals surface area contributed by atoms with E-state index >= 15 is 0 Å². The summed E-state index contributed by atoms with van der Waals surface area (Å²) in [5, 5.41) is 14.5. The first-order valence-electron chi connectivity index (χ1n) is 17.9. The molecule has 10 atom stereocenters. The number of aliphatic hydroxyl groups excluding tert-OH is 1. The van der Waals surface area contributed by atoms with Gasteiger partial charge in [0.25, 0.3) is 5.91 Å². The maximum absolute atomic E-state index is 14.4. The molecule has 5 unspecified atom stereocenters. The summed E-state index contributed by atoms with van der Waals surface area (Å²) in [4.78, 5) is 26.4. The van der Waals surface area contributed by atoms with Crippen molar-refractivity contribution in [1.82, 2.24) is 10.7 Å². The Morgan fingerprint density at radius 3 is 2.40 bits per heavy atom. The Hall–Kier alpha value is -2.18. The van der Waals surface area contributed by atoms with E-state index in [1.54, 1.807) is 6.07 Å². The van der Waals surface area contributed by atoms with Crippen molar-refractivity contribution in [2.75, 3.05) is 6.54 Å². The highest BCUT2D eigenvalue weighted by Gasteiger charge is 2.71. The van der Waals surface area contributed by atoms with E-state index in [0.29, 0.717) is 48.1 Å². The average Bonchev–Trinajstić information content (AvgIpc) is 3.41. The van der Waals surface area contributed by atoms with Crippen LogP contribution < -0.4 is 16.6 Å². The lowest BCUT2D eigenvalue weighted by atomic mass is 9.32. The Balaban J connectivity index is 1.26. The summed E-state index contributed by atoms with van der Waals surface area (Å²) in [5.41, 5.74) is 5.29. The van der Waals surface area contributed by atoms with Gasteiger partial charge in [-0.2, -0.15) is 0 Å². The molecule has 6 heteroatoms. The summed E-state index contributed by atoms with van der Waals surface area (Å²) >= 11 is 0. The number of nitrogen functional groups attached to an aromatic ring is 1. The molecule has 0 spiro atoms. The third-order valence-electron chi connectivity index (χ3n) is 15.5. The minimum absolute atomic E-state index is 0.0411. The van der Waals surface area contributed by atoms with Gasteiger partial charge in [-0.1, -0.05) is 58.9 Å². The van der Waals surface area contributed by atoms with Gasteiger partial charge in [0.15, 0.2) is 0 Å². The Morgan fingerprint density at radius 2 is 1.69 bits per heavy atom. The molecule has 5 N–H and O–H groups in total. The number of amides is 2. The Kier molecular flexibility index (Phi) is 8.16. The van der Waals surface area contributed by atoms with Crippen molar-refractivity contribution in [3.8, 4) is 0 Å². The Labute approximate surface area is 271 Å². The van der Waals surface area contributed by atoms with Crippen LogP contribution in [0.4, 0.5) is 0 Å². The number of nitrogens with two attached hydrogens (primary N) is 1. The lowest BCUT2D eigenvalue weighted by molar-refractivity contribution is -0.246. The van der Waals surface area contributed by atoms with Crippen LogP contribution in [-0.4, -0.2) is 29.6 Å². The molecule has 248 valence electrons. The van der Waals surface area contributed by atoms with Crippen molar-refractivity contribution in [2.24, 2.45) is 62.5 Å². The van der Waals surface area contributed by atoms with Gasteiger partial charge >= 0.3 is 0 Å². The van der Waals surface area contributed by atoms with E-state index in [1.165, 1.54) is 31.3 Å². The SMILES string of the molecule is C=C(C)C1CC[C@]2(C(=O)NCCc3cccc(C(=O)NN)c3)CC[C@]3(C)C(CCC4[C@@]5(C)CC[C@H](O)C(C)(C)C5CC[C@]43C)C12. The molecule has 45 heavy (non-hydrogen) atoms. The largest absolute Gasteiger partial charge is 0.393 e. The summed E-state index contributed by atoms with van der Waals surface area (Å²) in [6, 6.07) is 7.48. The molecule has 5 aliphatic carbocycles. The third kappa shape index (κ3) is 4.70. The van der Waals surface area contributed by atoms with E-state index in [1.807, 2.05) is 18.2 Å². The maximum atomic E-state index is 14.4. The molecule has 0 bridgehead atoms. The Morgan fingerprint density at radius 1 is 0.933 bits per heavy atom. The van der Waals surface area contributed by atoms with Crippen LogP contribution in [-0.2, 0) is 11.2 Å². The van der Waals surface area contributed by atoms with Gasteiger partial charge in [0.2, 0.25) is 5.91 Å². The van der Waals surface area contributed by atoms with E-state index in [0.717, 1.165) is 44.1 Å². The molecule has 1 aromatic rings. The van der Waals surface area contributed by atoms with Gasteiger partial charge < -0.3 is 10.4 Å². The van der Waals surface area contributed by atoms with E-state index in [4.69, 9.17) is 5.84 Å². The second kappa shape index (κ2) is 11.2. The van der Waals surface area contributed by atoms with Crippen LogP contribution in [0.3, 0.4) is 0 Å². The molecular formula is C39H59N3O3. The summed E-state index contributed by atoms with van der Waals surface area (Å²) in [6.45, 7) is 19.8. The molecule has 1 aromatic carbocycles.